The lowest BCUT2D eigenvalue weighted by molar-refractivity contribution is -0.124. The lowest BCUT2D eigenvalue weighted by Gasteiger charge is -2.32. The highest BCUT2D eigenvalue weighted by Crippen LogP contribution is 2.09. The number of thioether (sulfide) groups is 1. The largest absolute Gasteiger partial charge is 0.352 e. The van der Waals surface area contributed by atoms with Crippen molar-refractivity contribution in [1.82, 2.24) is 16.0 Å². The van der Waals surface area contributed by atoms with E-state index in [1.165, 1.54) is 0 Å². The molecule has 0 bridgehead atoms. The van der Waals surface area contributed by atoms with Crippen LogP contribution in [0.3, 0.4) is 0 Å². The Kier molecular flexibility index (Phi) is 9.79. The zero-order valence-corrected chi connectivity index (χ0v) is 13.6. The monoisotopic (exact) mass is 324 g/mol. The average molecular weight is 325 g/mol. The highest BCUT2D eigenvalue weighted by molar-refractivity contribution is 7.98. The molecule has 6 nitrogen and oxygen atoms in total. The summed E-state index contributed by atoms with van der Waals surface area (Å²) in [6.45, 7) is 3.05. The molecular formula is C12H25ClN4O2S. The summed E-state index contributed by atoms with van der Waals surface area (Å²) in [6, 6.07) is -0.824. The molecule has 8 heteroatoms. The fourth-order valence-corrected chi connectivity index (χ4v) is 2.67. The van der Waals surface area contributed by atoms with E-state index in [0.29, 0.717) is 6.42 Å². The van der Waals surface area contributed by atoms with Gasteiger partial charge in [0, 0.05) is 12.1 Å². The molecule has 0 spiro atoms. The van der Waals surface area contributed by atoms with Gasteiger partial charge in [-0.15, -0.1) is 12.4 Å². The molecule has 1 fully saturated rings. The molecule has 1 aliphatic heterocycles. The Balaban J connectivity index is 0.00000361. The Morgan fingerprint density at radius 2 is 2.20 bits per heavy atom. The number of nitrogens with two attached hydrogens (primary N) is 1. The number of rotatable bonds is 6. The number of primary amides is 1. The number of amides is 3. The number of piperidine rings is 1. The van der Waals surface area contributed by atoms with Crippen molar-refractivity contribution >= 4 is 36.1 Å². The van der Waals surface area contributed by atoms with Crippen molar-refractivity contribution < 1.29 is 9.59 Å². The van der Waals surface area contributed by atoms with Crippen LogP contribution in [-0.4, -0.2) is 48.6 Å². The number of urea groups is 1. The minimum absolute atomic E-state index is 0. The van der Waals surface area contributed by atoms with Gasteiger partial charge in [-0.2, -0.15) is 11.8 Å². The topological polar surface area (TPSA) is 96.2 Å². The van der Waals surface area contributed by atoms with Crippen molar-refractivity contribution in [1.29, 1.82) is 0 Å². The minimum atomic E-state index is -0.656. The van der Waals surface area contributed by atoms with E-state index >= 15 is 0 Å². The number of carbonyl (C=O) groups is 2. The first-order chi connectivity index (χ1) is 9.04. The van der Waals surface area contributed by atoms with Crippen LogP contribution in [0.2, 0.25) is 0 Å². The minimum Gasteiger partial charge on any atom is -0.352 e. The molecule has 20 heavy (non-hydrogen) atoms. The van der Waals surface area contributed by atoms with Crippen molar-refractivity contribution in [3.05, 3.63) is 0 Å². The van der Waals surface area contributed by atoms with Crippen LogP contribution in [-0.2, 0) is 4.79 Å². The summed E-state index contributed by atoms with van der Waals surface area (Å²) in [5.41, 5.74) is 5.11. The predicted octanol–water partition coefficient (Wildman–Crippen LogP) is 0.455. The second kappa shape index (κ2) is 10.1. The molecule has 0 aromatic heterocycles. The first-order valence-corrected chi connectivity index (χ1v) is 8.02. The molecule has 0 saturated carbocycles. The second-order valence-electron chi connectivity index (χ2n) is 4.84. The summed E-state index contributed by atoms with van der Waals surface area (Å²) in [5.74, 6) is 0.657. The molecule has 1 heterocycles. The molecule has 0 aromatic rings. The highest BCUT2D eigenvalue weighted by atomic mass is 35.5. The Bertz CT molecular complexity index is 320. The van der Waals surface area contributed by atoms with Gasteiger partial charge in [0.05, 0.1) is 0 Å². The van der Waals surface area contributed by atoms with E-state index in [0.717, 1.165) is 25.1 Å². The van der Waals surface area contributed by atoms with Crippen molar-refractivity contribution in [3.8, 4) is 0 Å². The molecule has 5 N–H and O–H groups in total. The third kappa shape index (κ3) is 6.67. The van der Waals surface area contributed by atoms with Gasteiger partial charge in [-0.05, 0) is 44.7 Å². The molecule has 118 valence electrons. The fourth-order valence-electron chi connectivity index (χ4n) is 2.20. The molecule has 0 radical (unpaired) electrons. The van der Waals surface area contributed by atoms with Crippen molar-refractivity contribution in [2.75, 3.05) is 18.6 Å². The second-order valence-corrected chi connectivity index (χ2v) is 5.83. The van der Waals surface area contributed by atoms with Gasteiger partial charge in [-0.25, -0.2) is 4.79 Å². The van der Waals surface area contributed by atoms with E-state index in [4.69, 9.17) is 5.73 Å². The average Bonchev–Trinajstić information content (AvgIpc) is 2.36. The van der Waals surface area contributed by atoms with Crippen LogP contribution < -0.4 is 21.7 Å². The lowest BCUT2D eigenvalue weighted by atomic mass is 9.99. The van der Waals surface area contributed by atoms with Gasteiger partial charge in [0.15, 0.2) is 0 Å². The van der Waals surface area contributed by atoms with Gasteiger partial charge in [0.25, 0.3) is 0 Å². The molecule has 3 atom stereocenters. The molecule has 0 aliphatic carbocycles. The summed E-state index contributed by atoms with van der Waals surface area (Å²) >= 11 is 1.64. The molecule has 1 aliphatic rings. The first kappa shape index (κ1) is 19.3. The summed E-state index contributed by atoms with van der Waals surface area (Å²) in [5, 5.41) is 8.84. The normalized spacial score (nSPS) is 23.3. The molecule has 3 amide bonds. The third-order valence-corrected chi connectivity index (χ3v) is 3.98. The first-order valence-electron chi connectivity index (χ1n) is 6.63. The van der Waals surface area contributed by atoms with Crippen molar-refractivity contribution in [2.45, 2.75) is 44.3 Å². The van der Waals surface area contributed by atoms with Crippen molar-refractivity contribution in [2.24, 2.45) is 5.73 Å². The standard InChI is InChI=1S/C12H24N4O2S.ClH/c1-8-9(4-3-6-14-8)15-11(17)10(5-7-19-2)16-12(13)18;/h8-10,14H,3-7H2,1-2H3,(H,15,17)(H3,13,16,18);1H. The van der Waals surface area contributed by atoms with E-state index in [1.54, 1.807) is 11.8 Å². The summed E-state index contributed by atoms with van der Waals surface area (Å²) in [6.07, 6.45) is 4.57. The van der Waals surface area contributed by atoms with Gasteiger partial charge >= 0.3 is 6.03 Å². The Morgan fingerprint density at radius 1 is 1.50 bits per heavy atom. The van der Waals surface area contributed by atoms with E-state index in [2.05, 4.69) is 22.9 Å². The number of hydrogen-bond acceptors (Lipinski definition) is 4. The summed E-state index contributed by atoms with van der Waals surface area (Å²) in [7, 11) is 0. The number of carbonyl (C=O) groups excluding carboxylic acids is 2. The van der Waals surface area contributed by atoms with Crippen LogP contribution in [0.25, 0.3) is 0 Å². The van der Waals surface area contributed by atoms with Crippen LogP contribution in [0.4, 0.5) is 4.79 Å². The zero-order chi connectivity index (χ0) is 14.3. The molecule has 1 rings (SSSR count). The zero-order valence-electron chi connectivity index (χ0n) is 12.0. The van der Waals surface area contributed by atoms with Crippen molar-refractivity contribution in [3.63, 3.8) is 0 Å². The van der Waals surface area contributed by atoms with E-state index < -0.39 is 12.1 Å². The summed E-state index contributed by atoms with van der Waals surface area (Å²) in [4.78, 5) is 23.1. The lowest BCUT2D eigenvalue weighted by Crippen LogP contribution is -2.57. The Labute approximate surface area is 130 Å². The van der Waals surface area contributed by atoms with Crippen LogP contribution in [0, 0.1) is 0 Å². The summed E-state index contributed by atoms with van der Waals surface area (Å²) < 4.78 is 0. The van der Waals surface area contributed by atoms with E-state index in [1.807, 2.05) is 6.26 Å². The van der Waals surface area contributed by atoms with Crippen LogP contribution in [0.15, 0.2) is 0 Å². The Morgan fingerprint density at radius 3 is 2.75 bits per heavy atom. The van der Waals surface area contributed by atoms with Crippen LogP contribution in [0.5, 0.6) is 0 Å². The van der Waals surface area contributed by atoms with Gasteiger partial charge in [0.1, 0.15) is 6.04 Å². The van der Waals surface area contributed by atoms with E-state index in [9.17, 15) is 9.59 Å². The van der Waals surface area contributed by atoms with Gasteiger partial charge in [0.2, 0.25) is 5.91 Å². The molecule has 1 saturated heterocycles. The maximum absolute atomic E-state index is 12.2. The maximum atomic E-state index is 12.2. The predicted molar refractivity (Wildman–Crippen MR) is 85.4 cm³/mol. The maximum Gasteiger partial charge on any atom is 0.312 e. The number of nitrogens with one attached hydrogen (secondary N) is 3. The van der Waals surface area contributed by atoms with Gasteiger partial charge in [-0.3, -0.25) is 4.79 Å². The molecule has 0 aromatic carbocycles. The Hall–Kier alpha value is -0.660. The SMILES string of the molecule is CSCCC(NC(N)=O)C(=O)NC1CCCNC1C.Cl. The third-order valence-electron chi connectivity index (χ3n) is 3.33. The number of halogens is 1. The molecular weight excluding hydrogens is 300 g/mol. The van der Waals surface area contributed by atoms with Gasteiger partial charge < -0.3 is 21.7 Å². The van der Waals surface area contributed by atoms with Crippen LogP contribution >= 0.6 is 24.2 Å². The smallest absolute Gasteiger partial charge is 0.312 e. The van der Waals surface area contributed by atoms with Gasteiger partial charge in [-0.1, -0.05) is 0 Å². The highest BCUT2D eigenvalue weighted by Gasteiger charge is 2.26. The quantitative estimate of drug-likeness (QED) is 0.570. The van der Waals surface area contributed by atoms with E-state index in [-0.39, 0.29) is 30.4 Å². The molecule has 3 unspecified atom stereocenters. The van der Waals surface area contributed by atoms with Crippen LogP contribution in [0.1, 0.15) is 26.2 Å². The fraction of sp³-hybridized carbons (Fsp3) is 0.833. The number of hydrogen-bond donors (Lipinski definition) is 4.